The van der Waals surface area contributed by atoms with Crippen molar-refractivity contribution in [1.82, 2.24) is 15.1 Å². The van der Waals surface area contributed by atoms with Gasteiger partial charge in [0.1, 0.15) is 5.37 Å². The fourth-order valence-electron chi connectivity index (χ4n) is 5.21. The van der Waals surface area contributed by atoms with Gasteiger partial charge in [0.25, 0.3) is 11.8 Å². The molecule has 4 rings (SSSR count). The van der Waals surface area contributed by atoms with E-state index in [2.05, 4.69) is 34.3 Å². The molecule has 2 N–H and O–H groups in total. The van der Waals surface area contributed by atoms with Gasteiger partial charge in [-0.2, -0.15) is 0 Å². The number of rotatable bonds is 6. The Balaban J connectivity index is 1.27. The number of likely N-dealkylation sites (tertiary alicyclic amines) is 2. The Labute approximate surface area is 190 Å². The quantitative estimate of drug-likeness (QED) is 0.656. The lowest BCUT2D eigenvalue weighted by atomic mass is 9.92. The monoisotopic (exact) mass is 444 g/mol. The molecule has 0 bridgehead atoms. The molecule has 0 radical (unpaired) electrons. The van der Waals surface area contributed by atoms with Crippen LogP contribution in [0.3, 0.4) is 0 Å². The average Bonchev–Trinajstić information content (AvgIpc) is 2.75. The molecule has 0 aliphatic carbocycles. The molecule has 0 aromatic heterocycles. The third kappa shape index (κ3) is 5.82. The van der Waals surface area contributed by atoms with Gasteiger partial charge >= 0.3 is 0 Å². The molecule has 31 heavy (non-hydrogen) atoms. The maximum absolute atomic E-state index is 12.7. The number of hydrogen-bond donors (Lipinski definition) is 2. The van der Waals surface area contributed by atoms with Crippen LogP contribution in [0.5, 0.6) is 0 Å². The lowest BCUT2D eigenvalue weighted by molar-refractivity contribution is -0.118. The zero-order valence-corrected chi connectivity index (χ0v) is 19.7. The molecule has 0 spiro atoms. The number of hydrogen-bond acceptors (Lipinski definition) is 5. The van der Waals surface area contributed by atoms with E-state index in [1.54, 1.807) is 11.8 Å². The zero-order valence-electron chi connectivity index (χ0n) is 18.9. The smallest absolute Gasteiger partial charge is 0.252 e. The molecule has 3 aliphatic rings. The highest BCUT2D eigenvalue weighted by molar-refractivity contribution is 8.00. The molecule has 2 saturated heterocycles. The Kier molecular flexibility index (Phi) is 7.56. The van der Waals surface area contributed by atoms with Gasteiger partial charge in [0.2, 0.25) is 0 Å². The summed E-state index contributed by atoms with van der Waals surface area (Å²) in [5.41, 5.74) is 1.36. The van der Waals surface area contributed by atoms with E-state index in [1.807, 2.05) is 18.2 Å². The predicted molar refractivity (Wildman–Crippen MR) is 126 cm³/mol. The second kappa shape index (κ2) is 10.4. The molecule has 6 nitrogen and oxygen atoms in total. The minimum atomic E-state index is -0.160. The van der Waals surface area contributed by atoms with Crippen LogP contribution in [0, 0.1) is 11.8 Å². The summed E-state index contributed by atoms with van der Waals surface area (Å²) in [6.07, 6.45) is 5.85. The van der Waals surface area contributed by atoms with E-state index in [1.165, 1.54) is 25.9 Å². The van der Waals surface area contributed by atoms with Crippen molar-refractivity contribution in [2.75, 3.05) is 44.6 Å². The standard InChI is InChI=1S/C24H36N4O2S/c1-17-13-18(2)16-27(15-17)10-6-9-25-22(29)19-7-8-21-20(14-19)26-23(30)24(31-21)28-11-4-3-5-12-28/h7-8,14,17-18,24H,3-6,9-13,15-16H2,1-2H3,(H,25,29)(H,26,30)/t17-,18-,24-/m1/s1. The van der Waals surface area contributed by atoms with Crippen molar-refractivity contribution < 1.29 is 9.59 Å². The fourth-order valence-corrected chi connectivity index (χ4v) is 6.36. The first kappa shape index (κ1) is 22.6. The van der Waals surface area contributed by atoms with Gasteiger partial charge in [0.15, 0.2) is 0 Å². The van der Waals surface area contributed by atoms with Crippen LogP contribution >= 0.6 is 11.8 Å². The fraction of sp³-hybridized carbons (Fsp3) is 0.667. The number of fused-ring (bicyclic) bond motifs is 1. The van der Waals surface area contributed by atoms with Crippen molar-refractivity contribution >= 4 is 29.3 Å². The van der Waals surface area contributed by atoms with Gasteiger partial charge in [-0.05, 0) is 75.4 Å². The average molecular weight is 445 g/mol. The molecular weight excluding hydrogens is 408 g/mol. The summed E-state index contributed by atoms with van der Waals surface area (Å²) in [6.45, 7) is 10.7. The number of nitrogens with one attached hydrogen (secondary N) is 2. The summed E-state index contributed by atoms with van der Waals surface area (Å²) in [4.78, 5) is 31.1. The van der Waals surface area contributed by atoms with E-state index in [9.17, 15) is 9.59 Å². The molecule has 3 atom stereocenters. The van der Waals surface area contributed by atoms with E-state index in [-0.39, 0.29) is 17.2 Å². The second-order valence-electron chi connectivity index (χ2n) is 9.58. The van der Waals surface area contributed by atoms with Crippen LogP contribution in [0.2, 0.25) is 0 Å². The molecule has 1 aromatic carbocycles. The summed E-state index contributed by atoms with van der Waals surface area (Å²) in [6, 6.07) is 5.66. The van der Waals surface area contributed by atoms with Gasteiger partial charge in [-0.3, -0.25) is 14.5 Å². The van der Waals surface area contributed by atoms with Gasteiger partial charge in [-0.15, -0.1) is 0 Å². The molecule has 2 fully saturated rings. The Hall–Kier alpha value is -1.57. The van der Waals surface area contributed by atoms with Crippen LogP contribution in [0.25, 0.3) is 0 Å². The summed E-state index contributed by atoms with van der Waals surface area (Å²) in [5, 5.41) is 5.92. The van der Waals surface area contributed by atoms with Crippen molar-refractivity contribution in [2.45, 2.75) is 56.2 Å². The highest BCUT2D eigenvalue weighted by atomic mass is 32.2. The number of benzene rings is 1. The second-order valence-corrected chi connectivity index (χ2v) is 10.7. The number of piperidine rings is 2. The van der Waals surface area contributed by atoms with Gasteiger partial charge in [0.05, 0.1) is 5.69 Å². The van der Waals surface area contributed by atoms with Crippen molar-refractivity contribution in [1.29, 1.82) is 0 Å². The maximum atomic E-state index is 12.7. The van der Waals surface area contributed by atoms with Crippen LogP contribution in [-0.2, 0) is 4.79 Å². The van der Waals surface area contributed by atoms with E-state index < -0.39 is 0 Å². The van der Waals surface area contributed by atoms with Crippen molar-refractivity contribution in [3.8, 4) is 0 Å². The van der Waals surface area contributed by atoms with Gasteiger partial charge in [-0.1, -0.05) is 32.0 Å². The molecule has 7 heteroatoms. The topological polar surface area (TPSA) is 64.7 Å². The summed E-state index contributed by atoms with van der Waals surface area (Å²) < 4.78 is 0. The first-order chi connectivity index (χ1) is 15.0. The third-order valence-corrected chi connectivity index (χ3v) is 7.91. The van der Waals surface area contributed by atoms with E-state index in [0.29, 0.717) is 12.1 Å². The van der Waals surface area contributed by atoms with Crippen LogP contribution < -0.4 is 10.6 Å². The summed E-state index contributed by atoms with van der Waals surface area (Å²) in [5.74, 6) is 1.48. The predicted octanol–water partition coefficient (Wildman–Crippen LogP) is 3.64. The molecule has 3 aliphatic heterocycles. The summed E-state index contributed by atoms with van der Waals surface area (Å²) in [7, 11) is 0. The zero-order chi connectivity index (χ0) is 21.8. The number of nitrogens with zero attached hydrogens (tertiary/aromatic N) is 2. The highest BCUT2D eigenvalue weighted by Crippen LogP contribution is 2.38. The number of carbonyl (C=O) groups is 2. The Morgan fingerprint density at radius 1 is 1.16 bits per heavy atom. The van der Waals surface area contributed by atoms with Gasteiger partial charge in [-0.25, -0.2) is 0 Å². The van der Waals surface area contributed by atoms with Crippen LogP contribution in [0.15, 0.2) is 23.1 Å². The van der Waals surface area contributed by atoms with Crippen LogP contribution in [0.4, 0.5) is 5.69 Å². The van der Waals surface area contributed by atoms with Gasteiger partial charge in [0, 0.05) is 30.1 Å². The first-order valence-electron chi connectivity index (χ1n) is 11.9. The number of thioether (sulfide) groups is 1. The number of amides is 2. The Bertz CT molecular complexity index is 786. The Morgan fingerprint density at radius 2 is 1.90 bits per heavy atom. The van der Waals surface area contributed by atoms with Crippen LogP contribution in [0.1, 0.15) is 56.3 Å². The minimum Gasteiger partial charge on any atom is -0.352 e. The number of anilines is 1. The van der Waals surface area contributed by atoms with E-state index in [0.717, 1.165) is 61.3 Å². The number of carbonyl (C=O) groups excluding carboxylic acids is 2. The molecule has 0 saturated carbocycles. The van der Waals surface area contributed by atoms with E-state index >= 15 is 0 Å². The van der Waals surface area contributed by atoms with Gasteiger partial charge < -0.3 is 15.5 Å². The molecule has 170 valence electrons. The molecule has 3 heterocycles. The molecule has 2 amide bonds. The lowest BCUT2D eigenvalue weighted by Crippen LogP contribution is -2.46. The minimum absolute atomic E-state index is 0.0296. The normalized spacial score (nSPS) is 27.4. The largest absolute Gasteiger partial charge is 0.352 e. The third-order valence-electron chi connectivity index (χ3n) is 6.57. The van der Waals surface area contributed by atoms with Crippen LogP contribution in [-0.4, -0.2) is 66.3 Å². The van der Waals surface area contributed by atoms with Crippen molar-refractivity contribution in [3.05, 3.63) is 23.8 Å². The molecule has 0 unspecified atom stereocenters. The van der Waals surface area contributed by atoms with Crippen molar-refractivity contribution in [2.24, 2.45) is 11.8 Å². The highest BCUT2D eigenvalue weighted by Gasteiger charge is 2.33. The summed E-state index contributed by atoms with van der Waals surface area (Å²) >= 11 is 1.61. The van der Waals surface area contributed by atoms with E-state index in [4.69, 9.17) is 0 Å². The SMILES string of the molecule is C[C@@H]1C[C@@H](C)CN(CCCNC(=O)c2ccc3c(c2)NC(=O)[C@H](N2CCCCC2)S3)C1. The lowest BCUT2D eigenvalue weighted by Gasteiger charge is -2.35. The first-order valence-corrected chi connectivity index (χ1v) is 12.7. The molecular formula is C24H36N4O2S. The van der Waals surface area contributed by atoms with Crippen molar-refractivity contribution in [3.63, 3.8) is 0 Å². The molecule has 1 aromatic rings. The Morgan fingerprint density at radius 3 is 2.65 bits per heavy atom. The maximum Gasteiger partial charge on any atom is 0.252 e.